The molecule has 4 aromatic rings. The van der Waals surface area contributed by atoms with Gasteiger partial charge in [-0.1, -0.05) is 35.5 Å². The van der Waals surface area contributed by atoms with E-state index in [4.69, 9.17) is 0 Å². The zero-order valence-electron chi connectivity index (χ0n) is 16.2. The van der Waals surface area contributed by atoms with E-state index in [-0.39, 0.29) is 24.4 Å². The first kappa shape index (κ1) is 18.5. The molecule has 0 aliphatic rings. The van der Waals surface area contributed by atoms with Crippen LogP contribution in [0, 0.1) is 13.8 Å². The Balaban J connectivity index is 1.49. The summed E-state index contributed by atoms with van der Waals surface area (Å²) < 4.78 is 3.01. The second-order valence-electron chi connectivity index (χ2n) is 6.73. The maximum absolute atomic E-state index is 12.5. The molecule has 1 N–H and O–H groups in total. The number of hydrogen-bond donors (Lipinski definition) is 1. The number of aromatic nitrogens is 5. The molecule has 0 atom stereocenters. The van der Waals surface area contributed by atoms with Crippen LogP contribution < -0.4 is 10.9 Å². The molecule has 0 radical (unpaired) electrons. The van der Waals surface area contributed by atoms with Crippen molar-refractivity contribution < 1.29 is 4.79 Å². The number of nitrogens with zero attached hydrogens (tertiary/aromatic N) is 5. The summed E-state index contributed by atoms with van der Waals surface area (Å²) in [5.41, 5.74) is 3.44. The highest BCUT2D eigenvalue weighted by atomic mass is 16.2. The summed E-state index contributed by atoms with van der Waals surface area (Å²) in [6, 6.07) is 16.7. The SMILES string of the molecule is Cc1nn(-c2ccccc2)c(C)c1NC(=O)CCn1nnc2ccccc2c1=O. The Morgan fingerprint density at radius 1 is 1.03 bits per heavy atom. The van der Waals surface area contributed by atoms with Crippen LogP contribution in [0.1, 0.15) is 17.8 Å². The fourth-order valence-corrected chi connectivity index (χ4v) is 3.22. The minimum absolute atomic E-state index is 0.0995. The molecule has 0 unspecified atom stereocenters. The second kappa shape index (κ2) is 7.67. The van der Waals surface area contributed by atoms with Gasteiger partial charge in [0.05, 0.1) is 34.7 Å². The van der Waals surface area contributed by atoms with Crippen LogP contribution in [-0.2, 0) is 11.3 Å². The first-order chi connectivity index (χ1) is 14.0. The van der Waals surface area contributed by atoms with Crippen LogP contribution in [0.5, 0.6) is 0 Å². The highest BCUT2D eigenvalue weighted by Crippen LogP contribution is 2.22. The molecule has 29 heavy (non-hydrogen) atoms. The van der Waals surface area contributed by atoms with Crippen LogP contribution in [0.15, 0.2) is 59.4 Å². The number of para-hydroxylation sites is 1. The Morgan fingerprint density at radius 3 is 2.55 bits per heavy atom. The molecule has 8 nitrogen and oxygen atoms in total. The average Bonchev–Trinajstić information content (AvgIpc) is 3.02. The third kappa shape index (κ3) is 3.64. The van der Waals surface area contributed by atoms with Crippen LogP contribution in [0.25, 0.3) is 16.6 Å². The van der Waals surface area contributed by atoms with Crippen LogP contribution in [0.4, 0.5) is 5.69 Å². The zero-order chi connectivity index (χ0) is 20.4. The Bertz CT molecular complexity index is 1240. The van der Waals surface area contributed by atoms with E-state index in [0.717, 1.165) is 17.1 Å². The van der Waals surface area contributed by atoms with Gasteiger partial charge in [-0.2, -0.15) is 5.10 Å². The Morgan fingerprint density at radius 2 is 1.76 bits per heavy atom. The molecule has 1 amide bonds. The summed E-state index contributed by atoms with van der Waals surface area (Å²) in [5, 5.41) is 15.9. The molecule has 2 heterocycles. The molecule has 8 heteroatoms. The van der Waals surface area contributed by atoms with Gasteiger partial charge in [0, 0.05) is 6.42 Å². The lowest BCUT2D eigenvalue weighted by Crippen LogP contribution is -2.26. The normalized spacial score (nSPS) is 11.0. The van der Waals surface area contributed by atoms with Crippen molar-refractivity contribution in [2.45, 2.75) is 26.8 Å². The number of carbonyl (C=O) groups excluding carboxylic acids is 1. The number of rotatable bonds is 5. The van der Waals surface area contributed by atoms with E-state index in [0.29, 0.717) is 16.6 Å². The second-order valence-corrected chi connectivity index (χ2v) is 6.73. The van der Waals surface area contributed by atoms with E-state index in [2.05, 4.69) is 20.7 Å². The smallest absolute Gasteiger partial charge is 0.277 e. The Hall–Kier alpha value is -3.81. The van der Waals surface area contributed by atoms with E-state index >= 15 is 0 Å². The number of carbonyl (C=O) groups is 1. The van der Waals surface area contributed by atoms with Gasteiger partial charge in [-0.3, -0.25) is 9.59 Å². The quantitative estimate of drug-likeness (QED) is 0.567. The number of hydrogen-bond acceptors (Lipinski definition) is 5. The van der Waals surface area contributed by atoms with Gasteiger partial charge in [0.15, 0.2) is 0 Å². The molecule has 4 rings (SSSR count). The van der Waals surface area contributed by atoms with Crippen molar-refractivity contribution in [1.82, 2.24) is 24.8 Å². The van der Waals surface area contributed by atoms with Gasteiger partial charge >= 0.3 is 0 Å². The van der Waals surface area contributed by atoms with Gasteiger partial charge in [-0.25, -0.2) is 9.36 Å². The van der Waals surface area contributed by atoms with E-state index < -0.39 is 0 Å². The van der Waals surface area contributed by atoms with Crippen LogP contribution in [-0.4, -0.2) is 30.7 Å². The molecular weight excluding hydrogens is 368 g/mol. The molecule has 0 saturated carbocycles. The van der Waals surface area contributed by atoms with E-state index in [1.54, 1.807) is 28.9 Å². The van der Waals surface area contributed by atoms with Crippen molar-refractivity contribution in [3.05, 3.63) is 76.3 Å². The molecule has 0 bridgehead atoms. The van der Waals surface area contributed by atoms with Crippen molar-refractivity contribution in [3.63, 3.8) is 0 Å². The average molecular weight is 388 g/mol. The molecule has 0 spiro atoms. The highest BCUT2D eigenvalue weighted by molar-refractivity contribution is 5.92. The standard InChI is InChI=1S/C21H20N6O2/c1-14-20(15(2)27(24-14)16-8-4-3-5-9-16)22-19(28)12-13-26-21(29)17-10-6-7-11-18(17)23-25-26/h3-11H,12-13H2,1-2H3,(H,22,28). The maximum Gasteiger partial charge on any atom is 0.277 e. The topological polar surface area (TPSA) is 94.7 Å². The number of benzene rings is 2. The Labute approximate surface area is 166 Å². The molecule has 0 aliphatic heterocycles. The molecule has 2 aromatic heterocycles. The number of aryl methyl sites for hydroxylation is 2. The first-order valence-corrected chi connectivity index (χ1v) is 9.28. The fourth-order valence-electron chi connectivity index (χ4n) is 3.22. The lowest BCUT2D eigenvalue weighted by Gasteiger charge is -2.08. The summed E-state index contributed by atoms with van der Waals surface area (Å²) in [5.74, 6) is -0.217. The molecule has 146 valence electrons. The van der Waals surface area contributed by atoms with Gasteiger partial charge in [0.1, 0.15) is 5.52 Å². The van der Waals surface area contributed by atoms with E-state index in [1.165, 1.54) is 4.68 Å². The molecule has 0 saturated heterocycles. The fraction of sp³-hybridized carbons (Fsp3) is 0.190. The minimum Gasteiger partial charge on any atom is -0.323 e. The van der Waals surface area contributed by atoms with Crippen molar-refractivity contribution in [1.29, 1.82) is 0 Å². The third-order valence-corrected chi connectivity index (χ3v) is 4.74. The van der Waals surface area contributed by atoms with Gasteiger partial charge in [-0.15, -0.1) is 5.10 Å². The molecule has 0 aliphatic carbocycles. The Kier molecular flexibility index (Phi) is 4.90. The highest BCUT2D eigenvalue weighted by Gasteiger charge is 2.15. The largest absolute Gasteiger partial charge is 0.323 e. The van der Waals surface area contributed by atoms with E-state index in [9.17, 15) is 9.59 Å². The van der Waals surface area contributed by atoms with E-state index in [1.807, 2.05) is 44.2 Å². The number of fused-ring (bicyclic) bond motifs is 1. The summed E-state index contributed by atoms with van der Waals surface area (Å²) >= 11 is 0. The van der Waals surface area contributed by atoms with Gasteiger partial charge < -0.3 is 5.32 Å². The predicted molar refractivity (Wildman–Crippen MR) is 110 cm³/mol. The van der Waals surface area contributed by atoms with Gasteiger partial charge in [0.2, 0.25) is 5.91 Å². The maximum atomic E-state index is 12.5. The number of anilines is 1. The van der Waals surface area contributed by atoms with Crippen LogP contribution >= 0.6 is 0 Å². The summed E-state index contributed by atoms with van der Waals surface area (Å²) in [6.45, 7) is 3.90. The third-order valence-electron chi connectivity index (χ3n) is 4.74. The minimum atomic E-state index is -0.257. The molecule has 2 aromatic carbocycles. The van der Waals surface area contributed by atoms with Gasteiger partial charge in [-0.05, 0) is 38.1 Å². The monoisotopic (exact) mass is 388 g/mol. The predicted octanol–water partition coefficient (Wildman–Crippen LogP) is 2.62. The summed E-state index contributed by atoms with van der Waals surface area (Å²) in [7, 11) is 0. The first-order valence-electron chi connectivity index (χ1n) is 9.28. The van der Waals surface area contributed by atoms with Gasteiger partial charge in [0.25, 0.3) is 5.56 Å². The molecular formula is C21H20N6O2. The van der Waals surface area contributed by atoms with Crippen molar-refractivity contribution in [2.75, 3.05) is 5.32 Å². The lowest BCUT2D eigenvalue weighted by molar-refractivity contribution is -0.116. The summed E-state index contributed by atoms with van der Waals surface area (Å²) in [4.78, 5) is 25.0. The van der Waals surface area contributed by atoms with Crippen LogP contribution in [0.2, 0.25) is 0 Å². The number of amides is 1. The zero-order valence-corrected chi connectivity index (χ0v) is 16.2. The van der Waals surface area contributed by atoms with Crippen molar-refractivity contribution >= 4 is 22.5 Å². The van der Waals surface area contributed by atoms with Crippen molar-refractivity contribution in [3.8, 4) is 5.69 Å². The lowest BCUT2D eigenvalue weighted by atomic mass is 10.2. The molecule has 0 fully saturated rings. The van der Waals surface area contributed by atoms with Crippen molar-refractivity contribution in [2.24, 2.45) is 0 Å². The van der Waals surface area contributed by atoms with Crippen LogP contribution in [0.3, 0.4) is 0 Å². The number of nitrogens with one attached hydrogen (secondary N) is 1. The summed E-state index contributed by atoms with van der Waals surface area (Å²) in [6.07, 6.45) is 0.0995.